The van der Waals surface area contributed by atoms with Crippen molar-refractivity contribution in [2.75, 3.05) is 0 Å². The summed E-state index contributed by atoms with van der Waals surface area (Å²) in [6.45, 7) is 1.22. The molecule has 0 atom stereocenters. The topological polar surface area (TPSA) is 140 Å². The first-order valence-corrected chi connectivity index (χ1v) is 8.66. The van der Waals surface area contributed by atoms with Crippen LogP contribution in [0, 0.1) is 0 Å². The lowest BCUT2D eigenvalue weighted by atomic mass is 10.1. The summed E-state index contributed by atoms with van der Waals surface area (Å²) in [4.78, 5) is 40.7. The van der Waals surface area contributed by atoms with Gasteiger partial charge in [0.05, 0.1) is 0 Å². The third-order valence-electron chi connectivity index (χ3n) is 4.62. The van der Waals surface area contributed by atoms with Crippen LogP contribution in [0.15, 0.2) is 27.8 Å². The molecule has 0 fully saturated rings. The zero-order valence-electron chi connectivity index (χ0n) is 15.4. The number of hydrogen-bond donors (Lipinski definition) is 3. The molecule has 1 aromatic carbocycles. The number of phenols is 2. The number of phenolic OH excluding ortho intramolecular Hbond substituents is 2. The van der Waals surface area contributed by atoms with Gasteiger partial charge in [-0.15, -0.1) is 0 Å². The summed E-state index contributed by atoms with van der Waals surface area (Å²) in [6.07, 6.45) is 0.885. The van der Waals surface area contributed by atoms with Gasteiger partial charge in [0.25, 0.3) is 5.56 Å². The van der Waals surface area contributed by atoms with E-state index >= 15 is 0 Å². The summed E-state index contributed by atoms with van der Waals surface area (Å²) in [6, 6.07) is 4.50. The molecule has 2 aromatic heterocycles. The number of carboxylic acid groups (broad SMARTS) is 1. The largest absolute Gasteiger partial charge is 0.504 e. The molecule has 0 aliphatic heterocycles. The van der Waals surface area contributed by atoms with Crippen molar-refractivity contribution in [3.05, 3.63) is 50.4 Å². The van der Waals surface area contributed by atoms with Crippen LogP contribution in [0.3, 0.4) is 0 Å². The van der Waals surface area contributed by atoms with Gasteiger partial charge >= 0.3 is 11.7 Å². The summed E-state index contributed by atoms with van der Waals surface area (Å²) in [5.74, 6) is -1.18. The standard InChI is InChI=1S/C18H20N4O6/c1-3-21-16-15(17(27)22(18(21)28)9-14(25)26)20(2)13(19-16)7-5-10-4-6-11(23)12(24)8-10/h4,6,8,23-24H,3,5,7,9H2,1-2H3,(H,25,26). The van der Waals surface area contributed by atoms with E-state index in [1.54, 1.807) is 24.6 Å². The summed E-state index contributed by atoms with van der Waals surface area (Å²) in [5, 5.41) is 28.0. The number of aromatic hydroxyl groups is 2. The Bertz CT molecular complexity index is 1190. The molecule has 3 aromatic rings. The Morgan fingerprint density at radius 2 is 1.82 bits per heavy atom. The molecule has 0 saturated carbocycles. The Kier molecular flexibility index (Phi) is 4.95. The van der Waals surface area contributed by atoms with Crippen LogP contribution in [0.2, 0.25) is 0 Å². The van der Waals surface area contributed by atoms with E-state index < -0.39 is 23.8 Å². The molecule has 28 heavy (non-hydrogen) atoms. The second-order valence-electron chi connectivity index (χ2n) is 6.39. The fraction of sp³-hybridized carbons (Fsp3) is 0.333. The Hall–Kier alpha value is -3.56. The maximum absolute atomic E-state index is 12.7. The molecule has 0 unspecified atom stereocenters. The first kappa shape index (κ1) is 19.2. The lowest BCUT2D eigenvalue weighted by Gasteiger charge is -2.08. The van der Waals surface area contributed by atoms with Crippen molar-refractivity contribution in [2.45, 2.75) is 32.9 Å². The second kappa shape index (κ2) is 7.22. The molecule has 0 saturated heterocycles. The molecule has 148 valence electrons. The van der Waals surface area contributed by atoms with Gasteiger partial charge in [-0.2, -0.15) is 0 Å². The number of rotatable bonds is 6. The number of carbonyl (C=O) groups is 1. The van der Waals surface area contributed by atoms with E-state index in [1.165, 1.54) is 16.7 Å². The van der Waals surface area contributed by atoms with Crippen molar-refractivity contribution in [3.63, 3.8) is 0 Å². The number of hydrogen-bond acceptors (Lipinski definition) is 6. The van der Waals surface area contributed by atoms with Crippen molar-refractivity contribution in [2.24, 2.45) is 7.05 Å². The minimum atomic E-state index is -1.28. The molecule has 10 nitrogen and oxygen atoms in total. The Labute approximate surface area is 158 Å². The van der Waals surface area contributed by atoms with Crippen LogP contribution in [0.1, 0.15) is 18.3 Å². The maximum atomic E-state index is 12.7. The van der Waals surface area contributed by atoms with E-state index in [0.717, 1.165) is 5.56 Å². The number of aryl methyl sites for hydroxylation is 4. The number of nitrogens with zero attached hydrogens (tertiary/aromatic N) is 4. The molecule has 3 rings (SSSR count). The lowest BCUT2D eigenvalue weighted by Crippen LogP contribution is -2.42. The highest BCUT2D eigenvalue weighted by Gasteiger charge is 2.20. The minimum absolute atomic E-state index is 0.159. The van der Waals surface area contributed by atoms with Gasteiger partial charge in [-0.25, -0.2) is 14.3 Å². The van der Waals surface area contributed by atoms with Crippen LogP contribution in [0.25, 0.3) is 11.2 Å². The SMILES string of the molecule is CCn1c(=O)n(CC(=O)O)c(=O)c2c1nc(CCc1ccc(O)c(O)c1)n2C. The first-order chi connectivity index (χ1) is 13.2. The van der Waals surface area contributed by atoms with Crippen LogP contribution in [-0.4, -0.2) is 40.0 Å². The molecule has 0 spiro atoms. The maximum Gasteiger partial charge on any atom is 0.333 e. The van der Waals surface area contributed by atoms with Gasteiger partial charge in [0.1, 0.15) is 12.4 Å². The van der Waals surface area contributed by atoms with Gasteiger partial charge in [-0.3, -0.25) is 14.2 Å². The normalized spacial score (nSPS) is 11.2. The van der Waals surface area contributed by atoms with Crippen LogP contribution < -0.4 is 11.2 Å². The van der Waals surface area contributed by atoms with Gasteiger partial charge in [0.15, 0.2) is 22.7 Å². The summed E-state index contributed by atoms with van der Waals surface area (Å²) in [5.41, 5.74) is -0.277. The van der Waals surface area contributed by atoms with E-state index in [4.69, 9.17) is 5.11 Å². The fourth-order valence-corrected chi connectivity index (χ4v) is 3.17. The number of aliphatic carboxylic acids is 1. The molecule has 3 N–H and O–H groups in total. The van der Waals surface area contributed by atoms with E-state index in [0.29, 0.717) is 23.2 Å². The van der Waals surface area contributed by atoms with Crippen LogP contribution in [0.4, 0.5) is 0 Å². The van der Waals surface area contributed by atoms with E-state index in [9.17, 15) is 24.6 Å². The molecule has 0 bridgehead atoms. The van der Waals surface area contributed by atoms with Crippen molar-refractivity contribution in [1.82, 2.24) is 18.7 Å². The molecule has 2 heterocycles. The van der Waals surface area contributed by atoms with Gasteiger partial charge in [-0.1, -0.05) is 6.07 Å². The van der Waals surface area contributed by atoms with Crippen molar-refractivity contribution < 1.29 is 20.1 Å². The predicted octanol–water partition coefficient (Wildman–Crippen LogP) is 0.198. The molecule has 0 aliphatic rings. The number of carboxylic acids is 1. The van der Waals surface area contributed by atoms with E-state index in [1.807, 2.05) is 0 Å². The van der Waals surface area contributed by atoms with Gasteiger partial charge in [0, 0.05) is 20.0 Å². The molecule has 10 heteroatoms. The van der Waals surface area contributed by atoms with Crippen LogP contribution in [-0.2, 0) is 37.8 Å². The Morgan fingerprint density at radius 3 is 2.43 bits per heavy atom. The van der Waals surface area contributed by atoms with Gasteiger partial charge < -0.3 is 19.9 Å². The fourth-order valence-electron chi connectivity index (χ4n) is 3.17. The number of aromatic nitrogens is 4. The number of fused-ring (bicyclic) bond motifs is 1. The van der Waals surface area contributed by atoms with E-state index in [-0.39, 0.29) is 29.2 Å². The summed E-state index contributed by atoms with van der Waals surface area (Å²) >= 11 is 0. The van der Waals surface area contributed by atoms with Crippen LogP contribution in [0.5, 0.6) is 11.5 Å². The third-order valence-corrected chi connectivity index (χ3v) is 4.62. The lowest BCUT2D eigenvalue weighted by molar-refractivity contribution is -0.137. The number of benzene rings is 1. The molecule has 0 radical (unpaired) electrons. The summed E-state index contributed by atoms with van der Waals surface area (Å²) < 4.78 is 3.52. The highest BCUT2D eigenvalue weighted by atomic mass is 16.4. The smallest absolute Gasteiger partial charge is 0.333 e. The van der Waals surface area contributed by atoms with Crippen molar-refractivity contribution >= 4 is 17.1 Å². The highest BCUT2D eigenvalue weighted by molar-refractivity contribution is 5.72. The monoisotopic (exact) mass is 388 g/mol. The third kappa shape index (κ3) is 3.24. The van der Waals surface area contributed by atoms with Crippen LogP contribution >= 0.6 is 0 Å². The van der Waals surface area contributed by atoms with Gasteiger partial charge in [-0.05, 0) is 31.0 Å². The molecular formula is C18H20N4O6. The second-order valence-corrected chi connectivity index (χ2v) is 6.39. The first-order valence-electron chi connectivity index (χ1n) is 8.66. The Morgan fingerprint density at radius 1 is 1.11 bits per heavy atom. The average molecular weight is 388 g/mol. The Balaban J connectivity index is 2.08. The predicted molar refractivity (Wildman–Crippen MR) is 99.7 cm³/mol. The van der Waals surface area contributed by atoms with Gasteiger partial charge in [0.2, 0.25) is 0 Å². The molecule has 0 amide bonds. The quantitative estimate of drug-likeness (QED) is 0.512. The van der Waals surface area contributed by atoms with Crippen molar-refractivity contribution in [3.8, 4) is 11.5 Å². The molecular weight excluding hydrogens is 368 g/mol. The molecule has 0 aliphatic carbocycles. The summed E-state index contributed by atoms with van der Waals surface area (Å²) in [7, 11) is 1.63. The van der Waals surface area contributed by atoms with Crippen molar-refractivity contribution in [1.29, 1.82) is 0 Å². The van der Waals surface area contributed by atoms with E-state index in [2.05, 4.69) is 4.98 Å². The number of imidazole rings is 1. The highest BCUT2D eigenvalue weighted by Crippen LogP contribution is 2.25. The average Bonchev–Trinajstić information content (AvgIpc) is 2.96. The zero-order chi connectivity index (χ0) is 20.6. The zero-order valence-corrected chi connectivity index (χ0v) is 15.4. The minimum Gasteiger partial charge on any atom is -0.504 e.